The monoisotopic (exact) mass is 287 g/mol. The Morgan fingerprint density at radius 3 is 2.33 bits per heavy atom. The molecule has 0 radical (unpaired) electrons. The third-order valence-corrected chi connectivity index (χ3v) is 3.68. The van der Waals surface area contributed by atoms with E-state index in [1.54, 1.807) is 0 Å². The van der Waals surface area contributed by atoms with E-state index in [4.69, 9.17) is 5.73 Å². The van der Waals surface area contributed by atoms with Gasteiger partial charge in [-0.05, 0) is 24.6 Å². The second-order valence-corrected chi connectivity index (χ2v) is 7.44. The Bertz CT molecular complexity index is 342. The quantitative estimate of drug-likeness (QED) is 0.818. The lowest BCUT2D eigenvalue weighted by atomic mass is 10.1. The molecule has 0 fully saturated rings. The Balaban J connectivity index is 2.92. The molecule has 1 aromatic rings. The van der Waals surface area contributed by atoms with E-state index in [2.05, 4.69) is 54.9 Å². The van der Waals surface area contributed by atoms with Crippen LogP contribution in [0.15, 0.2) is 27.6 Å². The average Bonchev–Trinajstić information content (AvgIpc) is 1.99. The highest BCUT2D eigenvalue weighted by Crippen LogP contribution is 2.35. The van der Waals surface area contributed by atoms with Crippen LogP contribution in [-0.4, -0.2) is 4.75 Å². The molecule has 0 saturated carbocycles. The number of hydrogen-bond acceptors (Lipinski definition) is 2. The molecule has 1 atom stereocenters. The zero-order valence-corrected chi connectivity index (χ0v) is 12.1. The van der Waals surface area contributed by atoms with E-state index >= 15 is 0 Å². The minimum absolute atomic E-state index is 0.0769. The van der Waals surface area contributed by atoms with Crippen LogP contribution in [0.5, 0.6) is 0 Å². The van der Waals surface area contributed by atoms with Gasteiger partial charge in [0.2, 0.25) is 0 Å². The number of nitrogens with two attached hydrogens (primary N) is 1. The SMILES string of the molecule is C[C@@H](N)c1ccc(SC(C)(C)C)cc1Br. The van der Waals surface area contributed by atoms with Gasteiger partial charge in [0.1, 0.15) is 0 Å². The molecule has 0 heterocycles. The first kappa shape index (κ1) is 13.1. The lowest BCUT2D eigenvalue weighted by Crippen LogP contribution is -2.08. The molecular formula is C12H18BrNS. The second kappa shape index (κ2) is 4.89. The number of hydrogen-bond donors (Lipinski definition) is 1. The fraction of sp³-hybridized carbons (Fsp3) is 0.500. The van der Waals surface area contributed by atoms with Gasteiger partial charge in [-0.25, -0.2) is 0 Å². The Labute approximate surface area is 105 Å². The predicted molar refractivity (Wildman–Crippen MR) is 72.4 cm³/mol. The number of halogens is 1. The highest BCUT2D eigenvalue weighted by atomic mass is 79.9. The molecule has 0 bridgehead atoms. The summed E-state index contributed by atoms with van der Waals surface area (Å²) in [7, 11) is 0. The van der Waals surface area contributed by atoms with Gasteiger partial charge in [0.05, 0.1) is 0 Å². The highest BCUT2D eigenvalue weighted by Gasteiger charge is 2.13. The van der Waals surface area contributed by atoms with Crippen LogP contribution in [-0.2, 0) is 0 Å². The minimum Gasteiger partial charge on any atom is -0.324 e. The van der Waals surface area contributed by atoms with Crippen molar-refractivity contribution >= 4 is 27.7 Å². The maximum Gasteiger partial charge on any atom is 0.0277 e. The second-order valence-electron chi connectivity index (χ2n) is 4.69. The van der Waals surface area contributed by atoms with Gasteiger partial charge in [0.25, 0.3) is 0 Å². The van der Waals surface area contributed by atoms with Gasteiger partial charge >= 0.3 is 0 Å². The summed E-state index contributed by atoms with van der Waals surface area (Å²) in [6, 6.07) is 6.46. The van der Waals surface area contributed by atoms with Crippen LogP contribution in [0.4, 0.5) is 0 Å². The lowest BCUT2D eigenvalue weighted by Gasteiger charge is -2.18. The van der Waals surface area contributed by atoms with Crippen LogP contribution >= 0.6 is 27.7 Å². The molecular weight excluding hydrogens is 270 g/mol. The Morgan fingerprint density at radius 1 is 1.33 bits per heavy atom. The van der Waals surface area contributed by atoms with E-state index in [1.807, 2.05) is 18.7 Å². The smallest absolute Gasteiger partial charge is 0.0277 e. The van der Waals surface area contributed by atoms with Crippen molar-refractivity contribution in [2.75, 3.05) is 0 Å². The fourth-order valence-corrected chi connectivity index (χ4v) is 3.21. The van der Waals surface area contributed by atoms with Crippen molar-refractivity contribution in [1.82, 2.24) is 0 Å². The molecule has 1 nitrogen and oxygen atoms in total. The van der Waals surface area contributed by atoms with Crippen molar-refractivity contribution < 1.29 is 0 Å². The van der Waals surface area contributed by atoms with Crippen LogP contribution < -0.4 is 5.73 Å². The molecule has 0 aromatic heterocycles. The highest BCUT2D eigenvalue weighted by molar-refractivity contribution is 9.10. The summed E-state index contributed by atoms with van der Waals surface area (Å²) in [5.41, 5.74) is 7.02. The molecule has 0 spiro atoms. The van der Waals surface area contributed by atoms with E-state index < -0.39 is 0 Å². The molecule has 0 aliphatic carbocycles. The predicted octanol–water partition coefficient (Wildman–Crippen LogP) is 4.36. The van der Waals surface area contributed by atoms with Crippen LogP contribution in [0.1, 0.15) is 39.3 Å². The molecule has 2 N–H and O–H groups in total. The minimum atomic E-state index is 0.0769. The zero-order chi connectivity index (χ0) is 11.6. The van der Waals surface area contributed by atoms with E-state index in [-0.39, 0.29) is 10.8 Å². The molecule has 1 aromatic carbocycles. The van der Waals surface area contributed by atoms with Crippen LogP contribution in [0, 0.1) is 0 Å². The standard InChI is InChI=1S/C12H18BrNS/c1-8(14)10-6-5-9(7-11(10)13)15-12(2,3)4/h5-8H,14H2,1-4H3/t8-/m1/s1. The maximum absolute atomic E-state index is 5.86. The number of rotatable bonds is 2. The van der Waals surface area contributed by atoms with Crippen molar-refractivity contribution in [3.05, 3.63) is 28.2 Å². The van der Waals surface area contributed by atoms with E-state index in [1.165, 1.54) is 4.90 Å². The molecule has 0 amide bonds. The van der Waals surface area contributed by atoms with Crippen molar-refractivity contribution in [2.45, 2.75) is 43.4 Å². The molecule has 0 saturated heterocycles. The number of benzene rings is 1. The molecule has 84 valence electrons. The van der Waals surface area contributed by atoms with Crippen LogP contribution in [0.2, 0.25) is 0 Å². The third kappa shape index (κ3) is 4.17. The van der Waals surface area contributed by atoms with Gasteiger partial charge in [-0.1, -0.05) is 42.8 Å². The molecule has 15 heavy (non-hydrogen) atoms. The normalized spacial score (nSPS) is 14.0. The lowest BCUT2D eigenvalue weighted by molar-refractivity contribution is 0.800. The summed E-state index contributed by atoms with van der Waals surface area (Å²) < 4.78 is 1.35. The largest absolute Gasteiger partial charge is 0.324 e. The van der Waals surface area contributed by atoms with Crippen molar-refractivity contribution in [3.63, 3.8) is 0 Å². The van der Waals surface area contributed by atoms with Gasteiger partial charge in [0, 0.05) is 20.2 Å². The summed E-state index contributed by atoms with van der Waals surface area (Å²) >= 11 is 5.43. The van der Waals surface area contributed by atoms with E-state index in [0.717, 1.165) is 10.0 Å². The van der Waals surface area contributed by atoms with E-state index in [9.17, 15) is 0 Å². The summed E-state index contributed by atoms with van der Waals surface area (Å²) in [6.45, 7) is 8.64. The summed E-state index contributed by atoms with van der Waals surface area (Å²) in [4.78, 5) is 1.28. The zero-order valence-electron chi connectivity index (χ0n) is 9.67. The van der Waals surface area contributed by atoms with Gasteiger partial charge in [0.15, 0.2) is 0 Å². The van der Waals surface area contributed by atoms with Gasteiger partial charge in [-0.15, -0.1) is 11.8 Å². The molecule has 0 aliphatic rings. The van der Waals surface area contributed by atoms with Gasteiger partial charge < -0.3 is 5.73 Å². The summed E-state index contributed by atoms with van der Waals surface area (Å²) in [5.74, 6) is 0. The summed E-state index contributed by atoms with van der Waals surface area (Å²) in [5, 5.41) is 0. The van der Waals surface area contributed by atoms with Gasteiger partial charge in [-0.3, -0.25) is 0 Å². The van der Waals surface area contributed by atoms with Crippen LogP contribution in [0.3, 0.4) is 0 Å². The Morgan fingerprint density at radius 2 is 1.93 bits per heavy atom. The average molecular weight is 288 g/mol. The maximum atomic E-state index is 5.86. The van der Waals surface area contributed by atoms with Crippen molar-refractivity contribution in [1.29, 1.82) is 0 Å². The van der Waals surface area contributed by atoms with Gasteiger partial charge in [-0.2, -0.15) is 0 Å². The van der Waals surface area contributed by atoms with Crippen LogP contribution in [0.25, 0.3) is 0 Å². The summed E-state index contributed by atoms with van der Waals surface area (Å²) in [6.07, 6.45) is 0. The third-order valence-electron chi connectivity index (χ3n) is 1.89. The fourth-order valence-electron chi connectivity index (χ4n) is 1.29. The Kier molecular flexibility index (Phi) is 4.27. The first-order chi connectivity index (χ1) is 6.79. The van der Waals surface area contributed by atoms with E-state index in [0.29, 0.717) is 0 Å². The number of thioether (sulfide) groups is 1. The Hall–Kier alpha value is 0.01000. The molecule has 1 rings (SSSR count). The molecule has 0 aliphatic heterocycles. The first-order valence-corrected chi connectivity index (χ1v) is 6.64. The topological polar surface area (TPSA) is 26.0 Å². The first-order valence-electron chi connectivity index (χ1n) is 5.03. The molecule has 0 unspecified atom stereocenters. The van der Waals surface area contributed by atoms with Crippen molar-refractivity contribution in [3.8, 4) is 0 Å². The van der Waals surface area contributed by atoms with Crippen molar-refractivity contribution in [2.24, 2.45) is 5.73 Å². The molecule has 3 heteroatoms.